The van der Waals surface area contributed by atoms with Gasteiger partial charge in [0, 0.05) is 57.1 Å². The predicted molar refractivity (Wildman–Crippen MR) is 122 cm³/mol. The van der Waals surface area contributed by atoms with Crippen LogP contribution in [0.3, 0.4) is 0 Å². The number of amides is 1. The predicted octanol–water partition coefficient (Wildman–Crippen LogP) is 2.84. The molecule has 1 amide bonds. The molecule has 164 valence electrons. The minimum Gasteiger partial charge on any atom is -0.340 e. The van der Waals surface area contributed by atoms with Crippen molar-refractivity contribution in [1.82, 2.24) is 24.0 Å². The molecule has 0 atom stereocenters. The number of rotatable bonds is 6. The maximum atomic E-state index is 13.0. The van der Waals surface area contributed by atoms with Crippen molar-refractivity contribution in [2.24, 2.45) is 0 Å². The fourth-order valence-corrected chi connectivity index (χ4v) is 4.07. The third-order valence-electron chi connectivity index (χ3n) is 6.22. The van der Waals surface area contributed by atoms with Crippen LogP contribution in [0.4, 0.5) is 0 Å². The van der Waals surface area contributed by atoms with Crippen LogP contribution in [0.1, 0.15) is 38.7 Å². The first kappa shape index (κ1) is 21.3. The quantitative estimate of drug-likeness (QED) is 0.614. The van der Waals surface area contributed by atoms with E-state index in [0.717, 1.165) is 44.0 Å². The van der Waals surface area contributed by atoms with E-state index in [1.54, 1.807) is 21.5 Å². The Morgan fingerprint density at radius 1 is 1.06 bits per heavy atom. The minimum atomic E-state index is -0.122. The van der Waals surface area contributed by atoms with Crippen molar-refractivity contribution >= 4 is 11.4 Å². The van der Waals surface area contributed by atoms with Crippen molar-refractivity contribution < 1.29 is 4.79 Å². The Labute approximate surface area is 182 Å². The molecule has 0 N–H and O–H groups in total. The van der Waals surface area contributed by atoms with Crippen LogP contribution in [-0.4, -0.2) is 62.6 Å². The molecule has 1 aromatic carbocycles. The van der Waals surface area contributed by atoms with Crippen LogP contribution < -0.4 is 5.56 Å². The Bertz CT molecular complexity index is 1110. The van der Waals surface area contributed by atoms with Crippen LogP contribution in [0, 0.1) is 0 Å². The maximum absolute atomic E-state index is 13.0. The first-order valence-electron chi connectivity index (χ1n) is 11.2. The Hall–Kier alpha value is -2.93. The van der Waals surface area contributed by atoms with Gasteiger partial charge in [0.25, 0.3) is 5.56 Å². The first-order valence-corrected chi connectivity index (χ1v) is 11.2. The van der Waals surface area contributed by atoms with Gasteiger partial charge >= 0.3 is 0 Å². The van der Waals surface area contributed by atoms with E-state index in [0.29, 0.717) is 24.4 Å². The zero-order valence-electron chi connectivity index (χ0n) is 18.6. The molecule has 1 saturated heterocycles. The lowest BCUT2D eigenvalue weighted by Gasteiger charge is -2.34. The van der Waals surface area contributed by atoms with Crippen LogP contribution >= 0.6 is 0 Å². The molecule has 2 aromatic heterocycles. The SMILES string of the molecule is CCN1CCN(C(=O)CCn2ccn3nc(-c4ccc(C(C)C)cc4)cc3c2=O)CC1. The number of nitrogens with zero attached hydrogens (tertiary/aromatic N) is 5. The van der Waals surface area contributed by atoms with Crippen molar-refractivity contribution in [1.29, 1.82) is 0 Å². The molecular weight excluding hydrogens is 390 g/mol. The lowest BCUT2D eigenvalue weighted by Crippen LogP contribution is -2.48. The number of likely N-dealkylation sites (N-methyl/N-ethyl adjacent to an activating group) is 1. The van der Waals surface area contributed by atoms with Crippen molar-refractivity contribution in [3.8, 4) is 11.3 Å². The first-order chi connectivity index (χ1) is 15.0. The summed E-state index contributed by atoms with van der Waals surface area (Å²) in [5, 5.41) is 4.57. The molecule has 7 heteroatoms. The van der Waals surface area contributed by atoms with E-state index < -0.39 is 0 Å². The van der Waals surface area contributed by atoms with Gasteiger partial charge in [-0.1, -0.05) is 45.0 Å². The van der Waals surface area contributed by atoms with Crippen molar-refractivity contribution in [3.05, 3.63) is 58.6 Å². The van der Waals surface area contributed by atoms with Crippen LogP contribution in [-0.2, 0) is 11.3 Å². The van der Waals surface area contributed by atoms with Crippen LogP contribution in [0.25, 0.3) is 16.8 Å². The molecular formula is C24H31N5O2. The number of aryl methyl sites for hydroxylation is 1. The Morgan fingerprint density at radius 2 is 1.77 bits per heavy atom. The van der Waals surface area contributed by atoms with Crippen LogP contribution in [0.2, 0.25) is 0 Å². The second-order valence-corrected chi connectivity index (χ2v) is 8.50. The summed E-state index contributed by atoms with van der Waals surface area (Å²) < 4.78 is 3.24. The number of piperazine rings is 1. The van der Waals surface area contributed by atoms with Crippen molar-refractivity contribution in [3.63, 3.8) is 0 Å². The fourth-order valence-electron chi connectivity index (χ4n) is 4.07. The lowest BCUT2D eigenvalue weighted by atomic mass is 10.0. The molecule has 1 aliphatic rings. The highest BCUT2D eigenvalue weighted by Crippen LogP contribution is 2.22. The smallest absolute Gasteiger partial charge is 0.276 e. The second-order valence-electron chi connectivity index (χ2n) is 8.50. The van der Waals surface area contributed by atoms with Gasteiger partial charge in [-0.25, -0.2) is 4.52 Å². The highest BCUT2D eigenvalue weighted by atomic mass is 16.2. The number of carbonyl (C=O) groups excluding carboxylic acids is 1. The Morgan fingerprint density at radius 3 is 2.42 bits per heavy atom. The summed E-state index contributed by atoms with van der Waals surface area (Å²) in [5.74, 6) is 0.586. The van der Waals surface area contributed by atoms with Gasteiger partial charge in [-0.15, -0.1) is 0 Å². The molecule has 1 fully saturated rings. The van der Waals surface area contributed by atoms with E-state index in [1.165, 1.54) is 5.56 Å². The minimum absolute atomic E-state index is 0.113. The number of aromatic nitrogens is 3. The molecule has 0 saturated carbocycles. The summed E-state index contributed by atoms with van der Waals surface area (Å²) in [7, 11) is 0. The summed E-state index contributed by atoms with van der Waals surface area (Å²) in [4.78, 5) is 29.8. The molecule has 7 nitrogen and oxygen atoms in total. The standard InChI is InChI=1S/C24H31N5O2/c1-4-26-11-13-27(14-12-26)23(30)9-10-28-15-16-29-22(24(28)31)17-21(25-29)20-7-5-19(6-8-20)18(2)3/h5-8,15-18H,4,9-14H2,1-3H3. The molecule has 4 rings (SSSR count). The monoisotopic (exact) mass is 421 g/mol. The highest BCUT2D eigenvalue weighted by molar-refractivity contribution is 5.76. The van der Waals surface area contributed by atoms with Crippen molar-refractivity contribution in [2.75, 3.05) is 32.7 Å². The van der Waals surface area contributed by atoms with Gasteiger partial charge in [0.1, 0.15) is 5.52 Å². The molecule has 0 unspecified atom stereocenters. The Balaban J connectivity index is 1.47. The van der Waals surface area contributed by atoms with E-state index >= 15 is 0 Å². The largest absolute Gasteiger partial charge is 0.340 e. The van der Waals surface area contributed by atoms with Gasteiger partial charge in [0.05, 0.1) is 5.69 Å². The molecule has 0 aliphatic carbocycles. The van der Waals surface area contributed by atoms with Crippen LogP contribution in [0.5, 0.6) is 0 Å². The van der Waals surface area contributed by atoms with Crippen LogP contribution in [0.15, 0.2) is 47.5 Å². The third-order valence-corrected chi connectivity index (χ3v) is 6.22. The fraction of sp³-hybridized carbons (Fsp3) is 0.458. The topological polar surface area (TPSA) is 62.9 Å². The van der Waals surface area contributed by atoms with Gasteiger partial charge in [-0.3, -0.25) is 9.59 Å². The molecule has 1 aliphatic heterocycles. The van der Waals surface area contributed by atoms with E-state index in [-0.39, 0.29) is 11.5 Å². The average Bonchev–Trinajstić information content (AvgIpc) is 3.24. The van der Waals surface area contributed by atoms with Gasteiger partial charge in [-0.2, -0.15) is 5.10 Å². The lowest BCUT2D eigenvalue weighted by molar-refractivity contribution is -0.133. The average molecular weight is 422 g/mol. The van der Waals surface area contributed by atoms with E-state index in [2.05, 4.69) is 42.9 Å². The molecule has 31 heavy (non-hydrogen) atoms. The molecule has 0 bridgehead atoms. The number of carbonyl (C=O) groups is 1. The zero-order chi connectivity index (χ0) is 22.0. The van der Waals surface area contributed by atoms with Gasteiger partial charge in [-0.05, 0) is 24.1 Å². The summed E-state index contributed by atoms with van der Waals surface area (Å²) in [6.45, 7) is 11.2. The number of benzene rings is 1. The van der Waals surface area contributed by atoms with Gasteiger partial charge in [0.2, 0.25) is 5.91 Å². The summed E-state index contributed by atoms with van der Waals surface area (Å²) in [6, 6.07) is 10.1. The number of hydrogen-bond donors (Lipinski definition) is 0. The molecule has 0 spiro atoms. The number of hydrogen-bond acceptors (Lipinski definition) is 4. The maximum Gasteiger partial charge on any atom is 0.276 e. The van der Waals surface area contributed by atoms with E-state index in [9.17, 15) is 9.59 Å². The van der Waals surface area contributed by atoms with Gasteiger partial charge < -0.3 is 14.4 Å². The summed E-state index contributed by atoms with van der Waals surface area (Å²) >= 11 is 0. The van der Waals surface area contributed by atoms with Crippen molar-refractivity contribution in [2.45, 2.75) is 39.7 Å². The Kier molecular flexibility index (Phi) is 6.23. The zero-order valence-corrected chi connectivity index (χ0v) is 18.6. The van der Waals surface area contributed by atoms with Gasteiger partial charge in [0.15, 0.2) is 0 Å². The number of fused-ring (bicyclic) bond motifs is 1. The third kappa shape index (κ3) is 4.56. The molecule has 0 radical (unpaired) electrons. The van der Waals surface area contributed by atoms with E-state index in [4.69, 9.17) is 0 Å². The van der Waals surface area contributed by atoms with E-state index in [1.807, 2.05) is 23.1 Å². The summed E-state index contributed by atoms with van der Waals surface area (Å²) in [5.41, 5.74) is 3.43. The highest BCUT2D eigenvalue weighted by Gasteiger charge is 2.20. The molecule has 3 aromatic rings. The summed E-state index contributed by atoms with van der Waals surface area (Å²) in [6.07, 6.45) is 3.84. The molecule has 3 heterocycles. The second kappa shape index (κ2) is 9.06. The normalized spacial score (nSPS) is 15.2.